The van der Waals surface area contributed by atoms with Crippen LogP contribution in [0.2, 0.25) is 0 Å². The van der Waals surface area contributed by atoms with Gasteiger partial charge in [0, 0.05) is 12.3 Å². The Kier molecular flexibility index (Phi) is 2.87. The van der Waals surface area contributed by atoms with Crippen molar-refractivity contribution < 1.29 is 14.6 Å². The van der Waals surface area contributed by atoms with E-state index in [9.17, 15) is 5.11 Å². The van der Waals surface area contributed by atoms with E-state index in [2.05, 4.69) is 20.8 Å². The maximum Gasteiger partial charge on any atom is 0.175 e. The lowest BCUT2D eigenvalue weighted by molar-refractivity contribution is -0.229. The van der Waals surface area contributed by atoms with Crippen molar-refractivity contribution in [2.45, 2.75) is 70.7 Å². The normalized spacial score (nSPS) is 50.2. The molecule has 3 heteroatoms. The lowest BCUT2D eigenvalue weighted by Crippen LogP contribution is -2.58. The van der Waals surface area contributed by atoms with Crippen molar-refractivity contribution >= 4 is 0 Å². The zero-order valence-corrected chi connectivity index (χ0v) is 14.7. The van der Waals surface area contributed by atoms with Crippen LogP contribution >= 0.6 is 0 Å². The first-order valence-electron chi connectivity index (χ1n) is 9.66. The highest BCUT2D eigenvalue weighted by Crippen LogP contribution is 2.76. The highest BCUT2D eigenvalue weighted by Gasteiger charge is 2.78. The predicted molar refractivity (Wildman–Crippen MR) is 87.7 cm³/mol. The average molecular weight is 318 g/mol. The first-order chi connectivity index (χ1) is 10.9. The van der Waals surface area contributed by atoms with Gasteiger partial charge in [-0.3, -0.25) is 0 Å². The van der Waals surface area contributed by atoms with Crippen molar-refractivity contribution in [2.75, 3.05) is 13.2 Å². The van der Waals surface area contributed by atoms with Gasteiger partial charge < -0.3 is 14.6 Å². The third-order valence-corrected chi connectivity index (χ3v) is 8.06. The molecule has 128 valence electrons. The van der Waals surface area contributed by atoms with Gasteiger partial charge in [-0.2, -0.15) is 0 Å². The summed E-state index contributed by atoms with van der Waals surface area (Å²) in [6.45, 7) is 8.46. The van der Waals surface area contributed by atoms with Crippen molar-refractivity contribution in [3.05, 3.63) is 11.1 Å². The van der Waals surface area contributed by atoms with Crippen molar-refractivity contribution in [1.29, 1.82) is 0 Å². The number of ether oxygens (including phenoxy) is 2. The molecule has 1 unspecified atom stereocenters. The van der Waals surface area contributed by atoms with E-state index in [1.54, 1.807) is 5.57 Å². The van der Waals surface area contributed by atoms with Gasteiger partial charge >= 0.3 is 0 Å². The van der Waals surface area contributed by atoms with Crippen LogP contribution < -0.4 is 0 Å². The minimum atomic E-state index is -0.640. The van der Waals surface area contributed by atoms with E-state index in [1.165, 1.54) is 24.8 Å². The Labute approximate surface area is 139 Å². The van der Waals surface area contributed by atoms with Crippen LogP contribution in [0.3, 0.4) is 0 Å². The molecular weight excluding hydrogens is 288 g/mol. The largest absolute Gasteiger partial charge is 0.384 e. The molecule has 0 radical (unpaired) electrons. The monoisotopic (exact) mass is 318 g/mol. The van der Waals surface area contributed by atoms with E-state index in [0.717, 1.165) is 19.3 Å². The standard InChI is InChI=1S/C20H30O3/c1-12(2)15-11-19(22-8-9-23-19)17-18(15,3)10-16-13-6-4-5-7-14(13)20(16,17)21/h12,15-17,21H,4-11H2,1-3H3/t15-,16-,17?,18-,20-/m1/s1. The summed E-state index contributed by atoms with van der Waals surface area (Å²) in [4.78, 5) is 0. The molecular formula is C20H30O3. The molecule has 0 aromatic heterocycles. The van der Waals surface area contributed by atoms with E-state index in [1.807, 2.05) is 0 Å². The molecule has 1 heterocycles. The fourth-order valence-corrected chi connectivity index (χ4v) is 7.50. The summed E-state index contributed by atoms with van der Waals surface area (Å²) in [5.41, 5.74) is 2.48. The maximum absolute atomic E-state index is 11.9. The van der Waals surface area contributed by atoms with Gasteiger partial charge in [-0.25, -0.2) is 0 Å². The van der Waals surface area contributed by atoms with Crippen LogP contribution in [0.15, 0.2) is 11.1 Å². The maximum atomic E-state index is 11.9. The molecule has 1 spiro atoms. The fraction of sp³-hybridized carbons (Fsp3) is 0.900. The van der Waals surface area contributed by atoms with Gasteiger partial charge in [-0.1, -0.05) is 26.3 Å². The highest BCUT2D eigenvalue weighted by molar-refractivity contribution is 5.48. The van der Waals surface area contributed by atoms with Crippen LogP contribution in [0, 0.1) is 29.1 Å². The number of aliphatic hydroxyl groups is 1. The molecule has 0 aromatic rings. The summed E-state index contributed by atoms with van der Waals surface area (Å²) in [6, 6.07) is 0. The number of fused-ring (bicyclic) bond motifs is 6. The highest BCUT2D eigenvalue weighted by atomic mass is 16.7. The molecule has 0 aromatic carbocycles. The molecule has 3 fully saturated rings. The van der Waals surface area contributed by atoms with Crippen LogP contribution in [0.4, 0.5) is 0 Å². The Morgan fingerprint density at radius 2 is 1.78 bits per heavy atom. The van der Waals surface area contributed by atoms with E-state index < -0.39 is 11.4 Å². The summed E-state index contributed by atoms with van der Waals surface area (Å²) >= 11 is 0. The lowest BCUT2D eigenvalue weighted by Gasteiger charge is -2.53. The van der Waals surface area contributed by atoms with Crippen molar-refractivity contribution in [3.8, 4) is 0 Å². The molecule has 3 nitrogen and oxygen atoms in total. The van der Waals surface area contributed by atoms with E-state index >= 15 is 0 Å². The van der Waals surface area contributed by atoms with Crippen molar-refractivity contribution in [3.63, 3.8) is 0 Å². The SMILES string of the molecule is CC(C)[C@H]1CC2(OCCO2)C2[C@]1(C)C[C@@H]1C3=C(CCCC3)[C@]21O. The second-order valence-corrected chi connectivity index (χ2v) is 9.30. The van der Waals surface area contributed by atoms with Crippen LogP contribution in [0.1, 0.15) is 59.3 Å². The molecule has 2 saturated carbocycles. The van der Waals surface area contributed by atoms with E-state index in [0.29, 0.717) is 31.0 Å². The van der Waals surface area contributed by atoms with Crippen LogP contribution in [0.25, 0.3) is 0 Å². The van der Waals surface area contributed by atoms with Crippen LogP contribution in [0.5, 0.6) is 0 Å². The molecule has 4 aliphatic carbocycles. The molecule has 1 aliphatic heterocycles. The Morgan fingerprint density at radius 1 is 1.09 bits per heavy atom. The third kappa shape index (κ3) is 1.54. The van der Waals surface area contributed by atoms with Crippen LogP contribution in [-0.4, -0.2) is 29.7 Å². The minimum Gasteiger partial charge on any atom is -0.384 e. The Hall–Kier alpha value is -0.380. The van der Waals surface area contributed by atoms with Gasteiger partial charge in [-0.05, 0) is 54.9 Å². The van der Waals surface area contributed by atoms with E-state index in [4.69, 9.17) is 9.47 Å². The number of hydrogen-bond donors (Lipinski definition) is 1. The van der Waals surface area contributed by atoms with Gasteiger partial charge in [0.15, 0.2) is 5.79 Å². The van der Waals surface area contributed by atoms with Gasteiger partial charge in [0.05, 0.1) is 19.1 Å². The topological polar surface area (TPSA) is 38.7 Å². The fourth-order valence-electron chi connectivity index (χ4n) is 7.50. The van der Waals surface area contributed by atoms with Gasteiger partial charge in [-0.15, -0.1) is 0 Å². The van der Waals surface area contributed by atoms with Crippen LogP contribution in [-0.2, 0) is 9.47 Å². The molecule has 23 heavy (non-hydrogen) atoms. The molecule has 0 bridgehead atoms. The lowest BCUT2D eigenvalue weighted by atomic mass is 9.57. The summed E-state index contributed by atoms with van der Waals surface area (Å²) in [5, 5.41) is 11.9. The summed E-state index contributed by atoms with van der Waals surface area (Å²) in [7, 11) is 0. The number of rotatable bonds is 1. The molecule has 1 N–H and O–H groups in total. The molecule has 5 rings (SSSR count). The first-order valence-corrected chi connectivity index (χ1v) is 9.66. The Bertz CT molecular complexity index is 573. The Balaban J connectivity index is 1.64. The zero-order chi connectivity index (χ0) is 16.0. The zero-order valence-electron chi connectivity index (χ0n) is 14.7. The first kappa shape index (κ1) is 14.9. The second-order valence-electron chi connectivity index (χ2n) is 9.30. The second kappa shape index (κ2) is 4.42. The van der Waals surface area contributed by atoms with E-state index in [-0.39, 0.29) is 11.3 Å². The third-order valence-electron chi connectivity index (χ3n) is 8.06. The average Bonchev–Trinajstić information content (AvgIpc) is 3.14. The smallest absolute Gasteiger partial charge is 0.175 e. The molecule has 5 atom stereocenters. The van der Waals surface area contributed by atoms with Gasteiger partial charge in [0.1, 0.15) is 5.60 Å². The molecule has 1 saturated heterocycles. The van der Waals surface area contributed by atoms with Crippen molar-refractivity contribution in [2.24, 2.45) is 29.1 Å². The quantitative estimate of drug-likeness (QED) is 0.750. The van der Waals surface area contributed by atoms with Crippen molar-refractivity contribution in [1.82, 2.24) is 0 Å². The Morgan fingerprint density at radius 3 is 2.48 bits per heavy atom. The summed E-state index contributed by atoms with van der Waals surface area (Å²) < 4.78 is 12.5. The van der Waals surface area contributed by atoms with Gasteiger partial charge in [0.25, 0.3) is 0 Å². The minimum absolute atomic E-state index is 0.124. The number of hydrogen-bond acceptors (Lipinski definition) is 3. The van der Waals surface area contributed by atoms with Gasteiger partial charge in [0.2, 0.25) is 0 Å². The predicted octanol–water partition coefficient (Wildman–Crippen LogP) is 3.66. The molecule has 0 amide bonds. The summed E-state index contributed by atoms with van der Waals surface area (Å²) in [5.74, 6) is 1.15. The molecule has 5 aliphatic rings. The summed E-state index contributed by atoms with van der Waals surface area (Å²) in [6.07, 6.45) is 6.94.